The molecule has 156 valence electrons. The number of carbonyl (C=O) groups is 1. The number of hydrogen-bond acceptors (Lipinski definition) is 4. The minimum atomic E-state index is -3.25. The molecule has 1 aliphatic rings. The Hall–Kier alpha value is -2.97. The van der Waals surface area contributed by atoms with Crippen molar-refractivity contribution in [3.05, 3.63) is 71.9 Å². The van der Waals surface area contributed by atoms with E-state index in [0.717, 1.165) is 16.8 Å². The number of para-hydroxylation sites is 1. The summed E-state index contributed by atoms with van der Waals surface area (Å²) in [5, 5.41) is 4.74. The quantitative estimate of drug-likeness (QED) is 0.645. The number of aromatic nitrogens is 2. The van der Waals surface area contributed by atoms with Crippen molar-refractivity contribution in [2.45, 2.75) is 6.92 Å². The van der Waals surface area contributed by atoms with Crippen LogP contribution in [0.3, 0.4) is 0 Å². The summed E-state index contributed by atoms with van der Waals surface area (Å²) in [6, 6.07) is 17.5. The molecular weight excluding hydrogens is 400 g/mol. The molecule has 1 aromatic heterocycles. The number of piperazine rings is 1. The van der Waals surface area contributed by atoms with E-state index in [4.69, 9.17) is 5.10 Å². The fourth-order valence-electron chi connectivity index (χ4n) is 3.67. The Morgan fingerprint density at radius 2 is 1.57 bits per heavy atom. The number of benzene rings is 2. The SMILES string of the molecule is Cc1ccccc1-c1nn(-c2ccccc2)cc1C(=O)N1CCN(S(C)(=O)=O)CC1. The van der Waals surface area contributed by atoms with Crippen molar-refractivity contribution in [1.82, 2.24) is 19.0 Å². The molecule has 2 aromatic carbocycles. The summed E-state index contributed by atoms with van der Waals surface area (Å²) in [7, 11) is -3.25. The molecule has 0 N–H and O–H groups in total. The lowest BCUT2D eigenvalue weighted by Gasteiger charge is -2.33. The number of aryl methyl sites for hydroxylation is 1. The average molecular weight is 425 g/mol. The predicted molar refractivity (Wildman–Crippen MR) is 116 cm³/mol. The summed E-state index contributed by atoms with van der Waals surface area (Å²) < 4.78 is 26.7. The Kier molecular flexibility index (Phi) is 5.44. The highest BCUT2D eigenvalue weighted by Gasteiger charge is 2.29. The third-order valence-corrected chi connectivity index (χ3v) is 6.66. The second kappa shape index (κ2) is 8.04. The van der Waals surface area contributed by atoms with E-state index >= 15 is 0 Å². The van der Waals surface area contributed by atoms with Crippen LogP contribution in [0.1, 0.15) is 15.9 Å². The lowest BCUT2D eigenvalue weighted by Crippen LogP contribution is -2.50. The summed E-state index contributed by atoms with van der Waals surface area (Å²) >= 11 is 0. The standard InChI is InChI=1S/C22H24N4O3S/c1-17-8-6-7-11-19(17)21-20(16-26(23-21)18-9-4-3-5-10-18)22(27)24-12-14-25(15-13-24)30(2,28)29/h3-11,16H,12-15H2,1-2H3. The normalized spacial score (nSPS) is 15.3. The second-order valence-electron chi connectivity index (χ2n) is 7.44. The Morgan fingerprint density at radius 1 is 0.933 bits per heavy atom. The van der Waals surface area contributed by atoms with Crippen LogP contribution in [0, 0.1) is 6.92 Å². The molecule has 3 aromatic rings. The molecule has 1 fully saturated rings. The van der Waals surface area contributed by atoms with Crippen LogP contribution in [0.25, 0.3) is 16.9 Å². The minimum absolute atomic E-state index is 0.136. The molecule has 0 aliphatic carbocycles. The first-order valence-electron chi connectivity index (χ1n) is 9.80. The fourth-order valence-corrected chi connectivity index (χ4v) is 4.50. The molecule has 0 radical (unpaired) electrons. The number of hydrogen-bond donors (Lipinski definition) is 0. The van der Waals surface area contributed by atoms with E-state index in [1.54, 1.807) is 15.8 Å². The van der Waals surface area contributed by atoms with Crippen LogP contribution in [0.15, 0.2) is 60.8 Å². The molecule has 4 rings (SSSR count). The van der Waals surface area contributed by atoms with Crippen LogP contribution in [-0.4, -0.2) is 65.7 Å². The van der Waals surface area contributed by atoms with Gasteiger partial charge >= 0.3 is 0 Å². The number of sulfonamides is 1. The van der Waals surface area contributed by atoms with E-state index in [1.165, 1.54) is 10.6 Å². The molecule has 0 saturated carbocycles. The maximum absolute atomic E-state index is 13.4. The molecule has 0 atom stereocenters. The highest BCUT2D eigenvalue weighted by atomic mass is 32.2. The summed E-state index contributed by atoms with van der Waals surface area (Å²) in [4.78, 5) is 15.1. The van der Waals surface area contributed by atoms with Crippen LogP contribution >= 0.6 is 0 Å². The van der Waals surface area contributed by atoms with Crippen LogP contribution in [0.5, 0.6) is 0 Å². The summed E-state index contributed by atoms with van der Waals surface area (Å²) in [5.74, 6) is -0.136. The maximum Gasteiger partial charge on any atom is 0.257 e. The molecule has 1 aliphatic heterocycles. The molecule has 8 heteroatoms. The highest BCUT2D eigenvalue weighted by Crippen LogP contribution is 2.28. The summed E-state index contributed by atoms with van der Waals surface area (Å²) in [5.41, 5.74) is 3.96. The lowest BCUT2D eigenvalue weighted by atomic mass is 10.0. The predicted octanol–water partition coefficient (Wildman–Crippen LogP) is 2.57. The zero-order chi connectivity index (χ0) is 21.3. The van der Waals surface area contributed by atoms with E-state index in [1.807, 2.05) is 61.5 Å². The molecule has 1 amide bonds. The van der Waals surface area contributed by atoms with Crippen molar-refractivity contribution in [1.29, 1.82) is 0 Å². The zero-order valence-corrected chi connectivity index (χ0v) is 17.8. The first kappa shape index (κ1) is 20.3. The molecule has 30 heavy (non-hydrogen) atoms. The molecule has 7 nitrogen and oxygen atoms in total. The number of nitrogens with zero attached hydrogens (tertiary/aromatic N) is 4. The van der Waals surface area contributed by atoms with E-state index in [-0.39, 0.29) is 5.91 Å². The summed E-state index contributed by atoms with van der Waals surface area (Å²) in [6.45, 7) is 3.31. The maximum atomic E-state index is 13.4. The van der Waals surface area contributed by atoms with Crippen molar-refractivity contribution in [2.24, 2.45) is 0 Å². The van der Waals surface area contributed by atoms with Crippen molar-refractivity contribution < 1.29 is 13.2 Å². The van der Waals surface area contributed by atoms with Crippen LogP contribution in [0.2, 0.25) is 0 Å². The smallest absolute Gasteiger partial charge is 0.257 e. The molecule has 0 bridgehead atoms. The number of carbonyl (C=O) groups excluding carboxylic acids is 1. The monoisotopic (exact) mass is 424 g/mol. The van der Waals surface area contributed by atoms with Crippen molar-refractivity contribution in [3.8, 4) is 16.9 Å². The summed E-state index contributed by atoms with van der Waals surface area (Å²) in [6.07, 6.45) is 2.97. The molecule has 0 spiro atoms. The second-order valence-corrected chi connectivity index (χ2v) is 9.42. The lowest BCUT2D eigenvalue weighted by molar-refractivity contribution is 0.0699. The van der Waals surface area contributed by atoms with Gasteiger partial charge in [0.1, 0.15) is 5.69 Å². The van der Waals surface area contributed by atoms with E-state index in [0.29, 0.717) is 37.4 Å². The Bertz CT molecular complexity index is 1160. The van der Waals surface area contributed by atoms with Gasteiger partial charge < -0.3 is 4.90 Å². The van der Waals surface area contributed by atoms with Gasteiger partial charge in [0.05, 0.1) is 17.5 Å². The first-order valence-corrected chi connectivity index (χ1v) is 11.6. The van der Waals surface area contributed by atoms with Crippen LogP contribution in [0.4, 0.5) is 0 Å². The van der Waals surface area contributed by atoms with E-state index < -0.39 is 10.0 Å². The van der Waals surface area contributed by atoms with Gasteiger partial charge in [0, 0.05) is 37.9 Å². The van der Waals surface area contributed by atoms with Gasteiger partial charge in [-0.1, -0.05) is 42.5 Å². The van der Waals surface area contributed by atoms with Crippen molar-refractivity contribution in [3.63, 3.8) is 0 Å². The van der Waals surface area contributed by atoms with Gasteiger partial charge in [0.25, 0.3) is 5.91 Å². The first-order chi connectivity index (χ1) is 14.3. The van der Waals surface area contributed by atoms with Gasteiger partial charge in [-0.3, -0.25) is 4.79 Å². The van der Waals surface area contributed by atoms with Crippen molar-refractivity contribution in [2.75, 3.05) is 32.4 Å². The van der Waals surface area contributed by atoms with Gasteiger partial charge in [-0.25, -0.2) is 13.1 Å². The third kappa shape index (κ3) is 4.01. The average Bonchev–Trinajstić information content (AvgIpc) is 3.19. The Labute approximate surface area is 176 Å². The van der Waals surface area contributed by atoms with Gasteiger partial charge in [-0.05, 0) is 24.6 Å². The largest absolute Gasteiger partial charge is 0.336 e. The highest BCUT2D eigenvalue weighted by molar-refractivity contribution is 7.88. The topological polar surface area (TPSA) is 75.5 Å². The third-order valence-electron chi connectivity index (χ3n) is 5.36. The molecular formula is C22H24N4O3S. The Morgan fingerprint density at radius 3 is 2.20 bits per heavy atom. The fraction of sp³-hybridized carbons (Fsp3) is 0.273. The van der Waals surface area contributed by atoms with E-state index in [2.05, 4.69) is 0 Å². The number of amides is 1. The van der Waals surface area contributed by atoms with Crippen LogP contribution < -0.4 is 0 Å². The van der Waals surface area contributed by atoms with Crippen molar-refractivity contribution >= 4 is 15.9 Å². The van der Waals surface area contributed by atoms with E-state index in [9.17, 15) is 13.2 Å². The van der Waals surface area contributed by atoms with Crippen LogP contribution in [-0.2, 0) is 10.0 Å². The number of rotatable bonds is 4. The van der Waals surface area contributed by atoms with Gasteiger partial charge in [-0.2, -0.15) is 9.40 Å². The Balaban J connectivity index is 1.71. The van der Waals surface area contributed by atoms with Gasteiger partial charge in [0.2, 0.25) is 10.0 Å². The van der Waals surface area contributed by atoms with Gasteiger partial charge in [-0.15, -0.1) is 0 Å². The molecule has 0 unspecified atom stereocenters. The zero-order valence-electron chi connectivity index (χ0n) is 17.0. The minimum Gasteiger partial charge on any atom is -0.336 e. The molecule has 1 saturated heterocycles. The molecule has 2 heterocycles. The van der Waals surface area contributed by atoms with Gasteiger partial charge in [0.15, 0.2) is 0 Å².